The number of amides is 2. The maximum atomic E-state index is 12.0. The van der Waals surface area contributed by atoms with E-state index in [2.05, 4.69) is 4.90 Å². The predicted molar refractivity (Wildman–Crippen MR) is 68.8 cm³/mol. The van der Waals surface area contributed by atoms with E-state index >= 15 is 0 Å². The van der Waals surface area contributed by atoms with Crippen molar-refractivity contribution in [2.45, 2.75) is 32.1 Å². The molecular weight excluding hydrogens is 230 g/mol. The molecule has 2 aliphatic heterocycles. The molecule has 0 spiro atoms. The first-order valence-electron chi connectivity index (χ1n) is 6.96. The van der Waals surface area contributed by atoms with Gasteiger partial charge in [0.1, 0.15) is 0 Å². The number of carbonyl (C=O) groups excluding carboxylic acids is 2. The number of hydrogen-bond acceptors (Lipinski definition) is 4. The first-order chi connectivity index (χ1) is 8.70. The Morgan fingerprint density at radius 1 is 1.28 bits per heavy atom. The SMILES string of the molecule is NCCC1CCN(CC(=O)N2CCCC2=O)CC1. The molecule has 5 heteroatoms. The fourth-order valence-corrected chi connectivity index (χ4v) is 2.86. The summed E-state index contributed by atoms with van der Waals surface area (Å²) in [6.07, 6.45) is 4.69. The van der Waals surface area contributed by atoms with Crippen molar-refractivity contribution in [1.29, 1.82) is 0 Å². The maximum absolute atomic E-state index is 12.0. The molecule has 0 unspecified atom stereocenters. The molecule has 2 aliphatic rings. The molecule has 2 amide bonds. The van der Waals surface area contributed by atoms with Gasteiger partial charge in [0.15, 0.2) is 0 Å². The largest absolute Gasteiger partial charge is 0.330 e. The third-order valence-electron chi connectivity index (χ3n) is 4.02. The molecule has 0 aromatic rings. The van der Waals surface area contributed by atoms with E-state index in [4.69, 9.17) is 5.73 Å². The predicted octanol–water partition coefficient (Wildman–Crippen LogP) is 0.196. The van der Waals surface area contributed by atoms with Crippen molar-refractivity contribution >= 4 is 11.8 Å². The van der Waals surface area contributed by atoms with Crippen LogP contribution in [0.1, 0.15) is 32.1 Å². The highest BCUT2D eigenvalue weighted by Crippen LogP contribution is 2.20. The molecular formula is C13H23N3O2. The number of likely N-dealkylation sites (tertiary alicyclic amines) is 2. The second kappa shape index (κ2) is 6.29. The van der Waals surface area contributed by atoms with Crippen LogP contribution in [0.3, 0.4) is 0 Å². The van der Waals surface area contributed by atoms with E-state index in [0.29, 0.717) is 19.5 Å². The van der Waals surface area contributed by atoms with Crippen molar-refractivity contribution in [2.24, 2.45) is 11.7 Å². The van der Waals surface area contributed by atoms with E-state index in [-0.39, 0.29) is 11.8 Å². The van der Waals surface area contributed by atoms with Gasteiger partial charge in [0, 0.05) is 13.0 Å². The second-order valence-corrected chi connectivity index (χ2v) is 5.34. The minimum absolute atomic E-state index is 0.00184. The Labute approximate surface area is 108 Å². The Balaban J connectivity index is 1.74. The summed E-state index contributed by atoms with van der Waals surface area (Å²) in [6.45, 7) is 3.69. The zero-order valence-corrected chi connectivity index (χ0v) is 10.9. The summed E-state index contributed by atoms with van der Waals surface area (Å²) in [5, 5.41) is 0. The molecule has 0 radical (unpaired) electrons. The Kier molecular flexibility index (Phi) is 4.72. The standard InChI is InChI=1S/C13H23N3O2/c14-6-3-11-4-8-15(9-5-11)10-13(18)16-7-1-2-12(16)17/h11H,1-10,14H2. The summed E-state index contributed by atoms with van der Waals surface area (Å²) in [5.74, 6) is 0.697. The van der Waals surface area contributed by atoms with Gasteiger partial charge >= 0.3 is 0 Å². The van der Waals surface area contributed by atoms with E-state index in [1.807, 2.05) is 0 Å². The number of hydrogen-bond donors (Lipinski definition) is 1. The van der Waals surface area contributed by atoms with Crippen LogP contribution in [0.15, 0.2) is 0 Å². The van der Waals surface area contributed by atoms with E-state index in [1.165, 1.54) is 4.90 Å². The van der Waals surface area contributed by atoms with Crippen LogP contribution in [0.2, 0.25) is 0 Å². The number of carbonyl (C=O) groups is 2. The van der Waals surface area contributed by atoms with E-state index < -0.39 is 0 Å². The minimum Gasteiger partial charge on any atom is -0.330 e. The van der Waals surface area contributed by atoms with Gasteiger partial charge in [0.2, 0.25) is 11.8 Å². The van der Waals surface area contributed by atoms with E-state index in [9.17, 15) is 9.59 Å². The van der Waals surface area contributed by atoms with Crippen molar-refractivity contribution in [3.8, 4) is 0 Å². The van der Waals surface area contributed by atoms with Gasteiger partial charge in [-0.3, -0.25) is 19.4 Å². The molecule has 2 rings (SSSR count). The molecule has 2 saturated heterocycles. The summed E-state index contributed by atoms with van der Waals surface area (Å²) in [6, 6.07) is 0. The second-order valence-electron chi connectivity index (χ2n) is 5.34. The molecule has 0 bridgehead atoms. The third-order valence-corrected chi connectivity index (χ3v) is 4.02. The molecule has 0 saturated carbocycles. The van der Waals surface area contributed by atoms with Crippen LogP contribution in [0.5, 0.6) is 0 Å². The van der Waals surface area contributed by atoms with Gasteiger partial charge in [-0.05, 0) is 51.2 Å². The molecule has 18 heavy (non-hydrogen) atoms. The summed E-state index contributed by atoms with van der Waals surface area (Å²) in [5.41, 5.74) is 5.56. The van der Waals surface area contributed by atoms with Crippen LogP contribution in [0.25, 0.3) is 0 Å². The highest BCUT2D eigenvalue weighted by atomic mass is 16.2. The molecule has 0 aromatic carbocycles. The molecule has 2 heterocycles. The van der Waals surface area contributed by atoms with Crippen LogP contribution >= 0.6 is 0 Å². The lowest BCUT2D eigenvalue weighted by molar-refractivity contribution is -0.142. The Bertz CT molecular complexity index is 311. The van der Waals surface area contributed by atoms with Gasteiger partial charge in [0.05, 0.1) is 6.54 Å². The van der Waals surface area contributed by atoms with Gasteiger partial charge < -0.3 is 5.73 Å². The van der Waals surface area contributed by atoms with E-state index in [1.54, 1.807) is 0 Å². The zero-order valence-electron chi connectivity index (χ0n) is 10.9. The van der Waals surface area contributed by atoms with Crippen molar-refractivity contribution in [2.75, 3.05) is 32.7 Å². The van der Waals surface area contributed by atoms with Crippen molar-refractivity contribution in [1.82, 2.24) is 9.80 Å². The molecule has 0 aromatic heterocycles. The monoisotopic (exact) mass is 253 g/mol. The average molecular weight is 253 g/mol. The van der Waals surface area contributed by atoms with Crippen LogP contribution < -0.4 is 5.73 Å². The van der Waals surface area contributed by atoms with Gasteiger partial charge in [-0.1, -0.05) is 0 Å². The average Bonchev–Trinajstić information content (AvgIpc) is 2.78. The Morgan fingerprint density at radius 3 is 2.56 bits per heavy atom. The van der Waals surface area contributed by atoms with Crippen molar-refractivity contribution in [3.63, 3.8) is 0 Å². The van der Waals surface area contributed by atoms with Gasteiger partial charge in [-0.15, -0.1) is 0 Å². The maximum Gasteiger partial charge on any atom is 0.243 e. The Hall–Kier alpha value is -0.940. The number of rotatable bonds is 4. The lowest BCUT2D eigenvalue weighted by Gasteiger charge is -2.32. The van der Waals surface area contributed by atoms with E-state index in [0.717, 1.165) is 51.2 Å². The van der Waals surface area contributed by atoms with Crippen LogP contribution in [-0.4, -0.2) is 54.3 Å². The summed E-state index contributed by atoms with van der Waals surface area (Å²) in [4.78, 5) is 27.0. The highest BCUT2D eigenvalue weighted by Gasteiger charge is 2.28. The fourth-order valence-electron chi connectivity index (χ4n) is 2.86. The zero-order chi connectivity index (χ0) is 13.0. The Morgan fingerprint density at radius 2 is 2.00 bits per heavy atom. The summed E-state index contributed by atoms with van der Waals surface area (Å²) >= 11 is 0. The minimum atomic E-state index is -0.0187. The van der Waals surface area contributed by atoms with Crippen molar-refractivity contribution < 1.29 is 9.59 Å². The van der Waals surface area contributed by atoms with Crippen molar-refractivity contribution in [3.05, 3.63) is 0 Å². The molecule has 5 nitrogen and oxygen atoms in total. The highest BCUT2D eigenvalue weighted by molar-refractivity contribution is 5.97. The molecule has 0 atom stereocenters. The molecule has 2 fully saturated rings. The number of imide groups is 1. The first-order valence-corrected chi connectivity index (χ1v) is 6.96. The summed E-state index contributed by atoms with van der Waals surface area (Å²) in [7, 11) is 0. The topological polar surface area (TPSA) is 66.6 Å². The van der Waals surface area contributed by atoms with Gasteiger partial charge in [0.25, 0.3) is 0 Å². The molecule has 102 valence electrons. The first kappa shape index (κ1) is 13.5. The number of nitrogens with zero attached hydrogens (tertiary/aromatic N) is 2. The quantitative estimate of drug-likeness (QED) is 0.777. The summed E-state index contributed by atoms with van der Waals surface area (Å²) < 4.78 is 0. The number of nitrogens with two attached hydrogens (primary N) is 1. The molecule has 2 N–H and O–H groups in total. The van der Waals surface area contributed by atoms with Gasteiger partial charge in [-0.2, -0.15) is 0 Å². The third kappa shape index (κ3) is 3.29. The lowest BCUT2D eigenvalue weighted by Crippen LogP contribution is -2.44. The molecule has 0 aliphatic carbocycles. The lowest BCUT2D eigenvalue weighted by atomic mass is 9.94. The van der Waals surface area contributed by atoms with Crippen LogP contribution in [0.4, 0.5) is 0 Å². The van der Waals surface area contributed by atoms with Crippen LogP contribution in [-0.2, 0) is 9.59 Å². The smallest absolute Gasteiger partial charge is 0.243 e. The normalized spacial score (nSPS) is 22.7. The van der Waals surface area contributed by atoms with Crippen LogP contribution in [0, 0.1) is 5.92 Å². The number of piperidine rings is 1. The van der Waals surface area contributed by atoms with Gasteiger partial charge in [-0.25, -0.2) is 0 Å². The fraction of sp³-hybridized carbons (Fsp3) is 0.846.